The van der Waals surface area contributed by atoms with Gasteiger partial charge in [0.1, 0.15) is 5.75 Å². The predicted molar refractivity (Wildman–Crippen MR) is 104 cm³/mol. The molecule has 0 unspecified atom stereocenters. The molecule has 0 spiro atoms. The predicted octanol–water partition coefficient (Wildman–Crippen LogP) is 2.12. The van der Waals surface area contributed by atoms with E-state index in [9.17, 15) is 8.42 Å². The van der Waals surface area contributed by atoms with Crippen molar-refractivity contribution in [2.45, 2.75) is 26.3 Å². The molecule has 1 aromatic carbocycles. The van der Waals surface area contributed by atoms with E-state index in [1.807, 2.05) is 49.0 Å². The summed E-state index contributed by atoms with van der Waals surface area (Å²) in [6, 6.07) is 9.67. The fourth-order valence-corrected chi connectivity index (χ4v) is 4.00. The summed E-state index contributed by atoms with van der Waals surface area (Å²) in [5, 5.41) is 4.48. The van der Waals surface area contributed by atoms with Gasteiger partial charge in [-0.1, -0.05) is 0 Å². The summed E-state index contributed by atoms with van der Waals surface area (Å²) in [6.45, 7) is 5.11. The number of rotatable bonds is 7. The largest absolute Gasteiger partial charge is 0.493 e. The molecule has 2 heterocycles. The number of nitrogens with zero attached hydrogens (tertiary/aromatic N) is 2. The second-order valence-electron chi connectivity index (χ2n) is 6.88. The van der Waals surface area contributed by atoms with E-state index < -0.39 is 10.0 Å². The van der Waals surface area contributed by atoms with Crippen molar-refractivity contribution in [3.05, 3.63) is 36.0 Å². The summed E-state index contributed by atoms with van der Waals surface area (Å²) in [7, 11) is -1.32. The maximum atomic E-state index is 11.9. The normalized spacial score (nSPS) is 20.6. The number of aromatic nitrogens is 2. The minimum Gasteiger partial charge on any atom is -0.493 e. The Labute approximate surface area is 160 Å². The van der Waals surface area contributed by atoms with E-state index in [1.54, 1.807) is 6.92 Å². The second-order valence-corrected chi connectivity index (χ2v) is 8.92. The van der Waals surface area contributed by atoms with Gasteiger partial charge in [-0.25, -0.2) is 13.1 Å². The standard InChI is InChI=1S/C19H27N3O4S/c1-4-27(23,24)21-18-9-10-25-12-16(18)13-26-17-7-5-15(6-8-17)19-11-14(2)22(3)20-19/h5-8,11,16,18,21H,4,9-10,12-13H2,1-3H3/t16-,18+/m1/s1. The first-order chi connectivity index (χ1) is 12.9. The summed E-state index contributed by atoms with van der Waals surface area (Å²) >= 11 is 0. The van der Waals surface area contributed by atoms with Gasteiger partial charge >= 0.3 is 0 Å². The van der Waals surface area contributed by atoms with Crippen molar-refractivity contribution in [2.24, 2.45) is 13.0 Å². The van der Waals surface area contributed by atoms with Gasteiger partial charge in [0.05, 0.1) is 24.7 Å². The van der Waals surface area contributed by atoms with E-state index in [1.165, 1.54) is 0 Å². The van der Waals surface area contributed by atoms with Crippen molar-refractivity contribution in [3.8, 4) is 17.0 Å². The monoisotopic (exact) mass is 393 g/mol. The van der Waals surface area contributed by atoms with Gasteiger partial charge in [0.15, 0.2) is 0 Å². The quantitative estimate of drug-likeness (QED) is 0.779. The third-order valence-electron chi connectivity index (χ3n) is 4.91. The average molecular weight is 394 g/mol. The van der Waals surface area contributed by atoms with Gasteiger partial charge in [-0.3, -0.25) is 4.68 Å². The molecule has 3 rings (SSSR count). The van der Waals surface area contributed by atoms with E-state index in [-0.39, 0.29) is 17.7 Å². The van der Waals surface area contributed by atoms with Gasteiger partial charge in [0.25, 0.3) is 0 Å². The lowest BCUT2D eigenvalue weighted by Gasteiger charge is -2.31. The minimum absolute atomic E-state index is 0.0156. The summed E-state index contributed by atoms with van der Waals surface area (Å²) < 4.78 is 39.8. The molecule has 1 fully saturated rings. The van der Waals surface area contributed by atoms with Crippen molar-refractivity contribution in [1.29, 1.82) is 0 Å². The van der Waals surface area contributed by atoms with E-state index in [0.29, 0.717) is 26.2 Å². The molecule has 27 heavy (non-hydrogen) atoms. The Bertz CT molecular complexity index is 842. The van der Waals surface area contributed by atoms with Crippen molar-refractivity contribution in [2.75, 3.05) is 25.6 Å². The Morgan fingerprint density at radius 2 is 2.07 bits per heavy atom. The average Bonchev–Trinajstić information content (AvgIpc) is 3.00. The summed E-state index contributed by atoms with van der Waals surface area (Å²) in [5.41, 5.74) is 3.06. The molecule has 2 aromatic rings. The molecule has 1 aliphatic rings. The molecule has 0 amide bonds. The zero-order valence-electron chi connectivity index (χ0n) is 16.0. The lowest BCUT2D eigenvalue weighted by atomic mass is 9.98. The Kier molecular flexibility index (Phi) is 6.18. The first kappa shape index (κ1) is 19.9. The van der Waals surface area contributed by atoms with E-state index >= 15 is 0 Å². The fraction of sp³-hybridized carbons (Fsp3) is 0.526. The molecule has 2 atom stereocenters. The molecule has 1 saturated heterocycles. The van der Waals surface area contributed by atoms with E-state index in [2.05, 4.69) is 9.82 Å². The van der Waals surface area contributed by atoms with Crippen molar-refractivity contribution in [3.63, 3.8) is 0 Å². The smallest absolute Gasteiger partial charge is 0.211 e. The number of nitrogens with one attached hydrogen (secondary N) is 1. The molecular weight excluding hydrogens is 366 g/mol. The van der Waals surface area contributed by atoms with Gasteiger partial charge in [-0.05, 0) is 50.6 Å². The van der Waals surface area contributed by atoms with Crippen LogP contribution in [0.2, 0.25) is 0 Å². The fourth-order valence-electron chi connectivity index (χ4n) is 3.06. The molecule has 0 radical (unpaired) electrons. The van der Waals surface area contributed by atoms with Crippen molar-refractivity contribution >= 4 is 10.0 Å². The molecule has 8 heteroatoms. The first-order valence-corrected chi connectivity index (χ1v) is 10.8. The lowest BCUT2D eigenvalue weighted by molar-refractivity contribution is 0.0186. The topological polar surface area (TPSA) is 82.5 Å². The molecule has 0 bridgehead atoms. The van der Waals surface area contributed by atoms with E-state index in [4.69, 9.17) is 9.47 Å². The zero-order chi connectivity index (χ0) is 19.4. The number of hydrogen-bond donors (Lipinski definition) is 1. The highest BCUT2D eigenvalue weighted by atomic mass is 32.2. The summed E-state index contributed by atoms with van der Waals surface area (Å²) in [4.78, 5) is 0. The molecule has 7 nitrogen and oxygen atoms in total. The molecular formula is C19H27N3O4S. The van der Waals surface area contributed by atoms with Crippen molar-refractivity contribution < 1.29 is 17.9 Å². The second kappa shape index (κ2) is 8.41. The highest BCUT2D eigenvalue weighted by Crippen LogP contribution is 2.23. The van der Waals surface area contributed by atoms with Crippen LogP contribution in [0.15, 0.2) is 30.3 Å². The summed E-state index contributed by atoms with van der Waals surface area (Å²) in [6.07, 6.45) is 0.658. The van der Waals surface area contributed by atoms with Gasteiger partial charge in [-0.2, -0.15) is 5.10 Å². The van der Waals surface area contributed by atoms with Crippen LogP contribution in [0.25, 0.3) is 11.3 Å². The first-order valence-electron chi connectivity index (χ1n) is 9.19. The Balaban J connectivity index is 1.61. The van der Waals surface area contributed by atoms with Crippen LogP contribution in [0, 0.1) is 12.8 Å². The third-order valence-corrected chi connectivity index (χ3v) is 6.34. The van der Waals surface area contributed by atoms with Crippen LogP contribution in [-0.2, 0) is 21.8 Å². The molecule has 1 N–H and O–H groups in total. The Morgan fingerprint density at radius 3 is 2.70 bits per heavy atom. The zero-order valence-corrected chi connectivity index (χ0v) is 16.8. The van der Waals surface area contributed by atoms with Gasteiger partial charge in [0.2, 0.25) is 10.0 Å². The highest BCUT2D eigenvalue weighted by molar-refractivity contribution is 7.89. The van der Waals surface area contributed by atoms with Crippen LogP contribution in [0.1, 0.15) is 19.0 Å². The van der Waals surface area contributed by atoms with Crippen LogP contribution in [0.5, 0.6) is 5.75 Å². The van der Waals surface area contributed by atoms with Crippen LogP contribution in [0.4, 0.5) is 0 Å². The molecule has 1 aromatic heterocycles. The number of aryl methyl sites for hydroxylation is 2. The Hall–Kier alpha value is -1.90. The molecule has 0 aliphatic carbocycles. The lowest BCUT2D eigenvalue weighted by Crippen LogP contribution is -2.47. The minimum atomic E-state index is -3.24. The van der Waals surface area contributed by atoms with Crippen LogP contribution >= 0.6 is 0 Å². The maximum absolute atomic E-state index is 11.9. The van der Waals surface area contributed by atoms with Crippen molar-refractivity contribution in [1.82, 2.24) is 14.5 Å². The van der Waals surface area contributed by atoms with Gasteiger partial charge in [-0.15, -0.1) is 0 Å². The molecule has 1 aliphatic heterocycles. The molecule has 148 valence electrons. The maximum Gasteiger partial charge on any atom is 0.211 e. The summed E-state index contributed by atoms with van der Waals surface area (Å²) in [5.74, 6) is 0.805. The number of benzene rings is 1. The number of ether oxygens (including phenoxy) is 2. The highest BCUT2D eigenvalue weighted by Gasteiger charge is 2.29. The number of sulfonamides is 1. The SMILES string of the molecule is CCS(=O)(=O)N[C@H]1CCOC[C@@H]1COc1ccc(-c2cc(C)n(C)n2)cc1. The Morgan fingerprint density at radius 1 is 1.33 bits per heavy atom. The van der Waals surface area contributed by atoms with Crippen LogP contribution < -0.4 is 9.46 Å². The van der Waals surface area contributed by atoms with Gasteiger partial charge < -0.3 is 9.47 Å². The van der Waals surface area contributed by atoms with Crippen LogP contribution in [-0.4, -0.2) is 49.8 Å². The molecule has 0 saturated carbocycles. The third kappa shape index (κ3) is 5.09. The number of hydrogen-bond acceptors (Lipinski definition) is 5. The van der Waals surface area contributed by atoms with E-state index in [0.717, 1.165) is 22.7 Å². The van der Waals surface area contributed by atoms with Crippen LogP contribution in [0.3, 0.4) is 0 Å². The van der Waals surface area contributed by atoms with Gasteiger partial charge in [0, 0.05) is 36.9 Å².